The molecule has 0 fully saturated rings. The standard InChI is InChI=1S/C18H16N2O2S.C2H6.H2/c1-11-3-6-13(7-4-11)10-19-18(22)16-17(21)14-9-12(2)5-8-15(14)23-20-16;1-2;/h3-9H,10H2,1-2H3,(H,19,22);1-2H3;1H. The van der Waals surface area contributed by atoms with E-state index in [0.29, 0.717) is 11.9 Å². The number of hydrogen-bond acceptors (Lipinski definition) is 4. The van der Waals surface area contributed by atoms with Crippen molar-refractivity contribution in [1.29, 1.82) is 0 Å². The molecule has 0 aliphatic carbocycles. The SMILES string of the molecule is CC.Cc1ccc(CNC(=O)c2nsc3ccc(C)cc3c2=O)cc1.[HH]. The van der Waals surface area contributed by atoms with Gasteiger partial charge in [-0.2, -0.15) is 4.37 Å². The molecular formula is C20H24N2O2S. The highest BCUT2D eigenvalue weighted by Crippen LogP contribution is 2.15. The number of rotatable bonds is 3. The molecule has 0 atom stereocenters. The Balaban J connectivity index is 0.00000109. The average Bonchev–Trinajstić information content (AvgIpc) is 2.63. The Morgan fingerprint density at radius 3 is 2.40 bits per heavy atom. The summed E-state index contributed by atoms with van der Waals surface area (Å²) in [5.74, 6) is -0.435. The number of fused-ring (bicyclic) bond motifs is 1. The fourth-order valence-corrected chi connectivity index (χ4v) is 3.02. The van der Waals surface area contributed by atoms with Crippen molar-refractivity contribution in [2.45, 2.75) is 34.2 Å². The Kier molecular flexibility index (Phi) is 6.42. The van der Waals surface area contributed by atoms with Crippen molar-refractivity contribution in [2.24, 2.45) is 0 Å². The molecule has 1 aromatic heterocycles. The zero-order chi connectivity index (χ0) is 18.4. The van der Waals surface area contributed by atoms with Crippen LogP contribution in [0.25, 0.3) is 10.1 Å². The topological polar surface area (TPSA) is 59.1 Å². The van der Waals surface area contributed by atoms with Crippen LogP contribution in [0.4, 0.5) is 0 Å². The number of aromatic nitrogens is 1. The Morgan fingerprint density at radius 1 is 1.08 bits per heavy atom. The van der Waals surface area contributed by atoms with E-state index in [1.807, 2.05) is 64.1 Å². The molecule has 1 N–H and O–H groups in total. The molecule has 1 heterocycles. The van der Waals surface area contributed by atoms with Gasteiger partial charge in [0.05, 0.1) is 4.70 Å². The van der Waals surface area contributed by atoms with Gasteiger partial charge in [-0.3, -0.25) is 9.59 Å². The summed E-state index contributed by atoms with van der Waals surface area (Å²) in [6.45, 7) is 8.30. The van der Waals surface area contributed by atoms with E-state index >= 15 is 0 Å². The number of nitrogens with zero attached hydrogens (tertiary/aromatic N) is 1. The van der Waals surface area contributed by atoms with Crippen LogP contribution in [0.2, 0.25) is 0 Å². The summed E-state index contributed by atoms with van der Waals surface area (Å²) in [6.07, 6.45) is 0. The van der Waals surface area contributed by atoms with Crippen molar-refractivity contribution in [1.82, 2.24) is 9.69 Å². The van der Waals surface area contributed by atoms with Gasteiger partial charge in [-0.05, 0) is 43.1 Å². The third-order valence-electron chi connectivity index (χ3n) is 3.62. The lowest BCUT2D eigenvalue weighted by Crippen LogP contribution is -2.29. The molecule has 0 spiro atoms. The molecule has 25 heavy (non-hydrogen) atoms. The first-order valence-electron chi connectivity index (χ1n) is 8.29. The Morgan fingerprint density at radius 2 is 1.72 bits per heavy atom. The summed E-state index contributed by atoms with van der Waals surface area (Å²) < 4.78 is 4.87. The van der Waals surface area contributed by atoms with Crippen LogP contribution in [-0.4, -0.2) is 10.3 Å². The van der Waals surface area contributed by atoms with Gasteiger partial charge in [0, 0.05) is 13.4 Å². The number of carbonyl (C=O) groups excluding carboxylic acids is 1. The van der Waals surface area contributed by atoms with E-state index in [9.17, 15) is 9.59 Å². The van der Waals surface area contributed by atoms with Crippen LogP contribution in [0.1, 0.15) is 42.5 Å². The predicted molar refractivity (Wildman–Crippen MR) is 106 cm³/mol. The zero-order valence-corrected chi connectivity index (χ0v) is 15.7. The van der Waals surface area contributed by atoms with Gasteiger partial charge in [-0.15, -0.1) is 0 Å². The first kappa shape index (κ1) is 18.8. The predicted octanol–water partition coefficient (Wildman–Crippen LogP) is 4.48. The van der Waals surface area contributed by atoms with E-state index in [4.69, 9.17) is 0 Å². The molecule has 0 bridgehead atoms. The minimum atomic E-state index is -0.435. The number of carbonyl (C=O) groups is 1. The Labute approximate surface area is 153 Å². The van der Waals surface area contributed by atoms with Crippen LogP contribution >= 0.6 is 11.5 Å². The van der Waals surface area contributed by atoms with E-state index in [0.717, 1.165) is 21.4 Å². The van der Waals surface area contributed by atoms with E-state index < -0.39 is 5.91 Å². The van der Waals surface area contributed by atoms with Gasteiger partial charge in [-0.1, -0.05) is 55.3 Å². The summed E-state index contributed by atoms with van der Waals surface area (Å²) in [4.78, 5) is 24.7. The summed E-state index contributed by atoms with van der Waals surface area (Å²) in [5.41, 5.74) is 2.77. The first-order valence-corrected chi connectivity index (χ1v) is 9.06. The molecule has 4 nitrogen and oxygen atoms in total. The molecule has 5 heteroatoms. The van der Waals surface area contributed by atoms with Gasteiger partial charge in [0.25, 0.3) is 5.91 Å². The molecule has 0 radical (unpaired) electrons. The van der Waals surface area contributed by atoms with E-state index in [1.54, 1.807) is 6.07 Å². The molecular weight excluding hydrogens is 332 g/mol. The van der Waals surface area contributed by atoms with Crippen LogP contribution in [0, 0.1) is 13.8 Å². The quantitative estimate of drug-likeness (QED) is 0.753. The van der Waals surface area contributed by atoms with Gasteiger partial charge in [-0.25, -0.2) is 0 Å². The largest absolute Gasteiger partial charge is 0.346 e. The smallest absolute Gasteiger partial charge is 0.275 e. The summed E-state index contributed by atoms with van der Waals surface area (Å²) in [6, 6.07) is 13.5. The Hall–Kier alpha value is -2.53. The fourth-order valence-electron chi connectivity index (χ4n) is 2.28. The second-order valence-electron chi connectivity index (χ2n) is 5.53. The maximum Gasteiger partial charge on any atom is 0.275 e. The number of aryl methyl sites for hydroxylation is 2. The van der Waals surface area contributed by atoms with Crippen LogP contribution < -0.4 is 10.7 Å². The second-order valence-corrected chi connectivity index (χ2v) is 6.33. The van der Waals surface area contributed by atoms with E-state index in [-0.39, 0.29) is 12.5 Å². The first-order chi connectivity index (χ1) is 12.0. The summed E-state index contributed by atoms with van der Waals surface area (Å²) in [7, 11) is 0. The molecule has 3 rings (SSSR count). The van der Waals surface area contributed by atoms with Gasteiger partial charge in [0.2, 0.25) is 5.43 Å². The molecule has 0 saturated carbocycles. The lowest BCUT2D eigenvalue weighted by Gasteiger charge is -2.05. The molecule has 3 aromatic rings. The van der Waals surface area contributed by atoms with Crippen molar-refractivity contribution in [3.05, 3.63) is 75.1 Å². The van der Waals surface area contributed by atoms with Crippen LogP contribution in [0.5, 0.6) is 0 Å². The highest BCUT2D eigenvalue weighted by Gasteiger charge is 2.15. The monoisotopic (exact) mass is 356 g/mol. The van der Waals surface area contributed by atoms with Gasteiger partial charge < -0.3 is 5.32 Å². The highest BCUT2D eigenvalue weighted by atomic mass is 32.1. The lowest BCUT2D eigenvalue weighted by atomic mass is 10.1. The molecule has 0 saturated heterocycles. The number of amides is 1. The second kappa shape index (κ2) is 8.53. The van der Waals surface area contributed by atoms with E-state index in [2.05, 4.69) is 9.69 Å². The third kappa shape index (κ3) is 4.51. The normalized spacial score (nSPS) is 10.1. The van der Waals surface area contributed by atoms with Crippen molar-refractivity contribution in [2.75, 3.05) is 0 Å². The van der Waals surface area contributed by atoms with Gasteiger partial charge >= 0.3 is 0 Å². The molecule has 0 unspecified atom stereocenters. The van der Waals surface area contributed by atoms with Crippen LogP contribution in [0.15, 0.2) is 47.3 Å². The van der Waals surface area contributed by atoms with Gasteiger partial charge in [0.1, 0.15) is 0 Å². The molecule has 132 valence electrons. The summed E-state index contributed by atoms with van der Waals surface area (Å²) >= 11 is 1.17. The molecule has 1 amide bonds. The Bertz CT molecular complexity index is 937. The maximum absolute atomic E-state index is 12.5. The molecule has 0 aliphatic heterocycles. The van der Waals surface area contributed by atoms with Crippen molar-refractivity contribution in [3.63, 3.8) is 0 Å². The van der Waals surface area contributed by atoms with Crippen LogP contribution in [-0.2, 0) is 6.54 Å². The number of benzene rings is 2. The molecule has 0 aliphatic rings. The number of hydrogen-bond donors (Lipinski definition) is 1. The van der Waals surface area contributed by atoms with Gasteiger partial charge in [0.15, 0.2) is 5.69 Å². The van der Waals surface area contributed by atoms with Crippen LogP contribution in [0.3, 0.4) is 0 Å². The van der Waals surface area contributed by atoms with Crippen molar-refractivity contribution >= 4 is 27.5 Å². The number of nitrogens with one attached hydrogen (secondary N) is 1. The minimum Gasteiger partial charge on any atom is -0.346 e. The van der Waals surface area contributed by atoms with E-state index in [1.165, 1.54) is 11.5 Å². The highest BCUT2D eigenvalue weighted by molar-refractivity contribution is 7.12. The van der Waals surface area contributed by atoms with Crippen molar-refractivity contribution < 1.29 is 6.22 Å². The fraction of sp³-hybridized carbons (Fsp3) is 0.250. The maximum atomic E-state index is 12.5. The zero-order valence-electron chi connectivity index (χ0n) is 14.9. The average molecular weight is 356 g/mol. The lowest BCUT2D eigenvalue weighted by molar-refractivity contribution is 0.0946. The molecule has 2 aromatic carbocycles. The summed E-state index contributed by atoms with van der Waals surface area (Å²) in [5, 5.41) is 3.31. The van der Waals surface area contributed by atoms with Crippen molar-refractivity contribution in [3.8, 4) is 0 Å². The third-order valence-corrected chi connectivity index (χ3v) is 4.45. The minimum absolute atomic E-state index is 0.